The van der Waals surface area contributed by atoms with Crippen LogP contribution in [0.1, 0.15) is 41.3 Å². The highest BCUT2D eigenvalue weighted by molar-refractivity contribution is 6.22. The standard InChI is InChI=1S/C24H24N2O3/c1-14-7-12-19-20(13-14)24(29)26(23(19)28)18-10-8-17(9-11-18)22(27)25-21-15(2)5-4-6-16(21)3/h4-11,19-20H,12-13H2,1-3H3,(H,25,27)/t19-,20+/m1/s1. The molecule has 2 aromatic carbocycles. The van der Waals surface area contributed by atoms with Gasteiger partial charge >= 0.3 is 0 Å². The fraction of sp³-hybridized carbons (Fsp3) is 0.292. The Morgan fingerprint density at radius 1 is 0.931 bits per heavy atom. The molecular formula is C24H24N2O3. The maximum Gasteiger partial charge on any atom is 0.255 e. The summed E-state index contributed by atoms with van der Waals surface area (Å²) in [5, 5.41) is 2.95. The van der Waals surface area contributed by atoms with E-state index in [0.717, 1.165) is 22.4 Å². The molecule has 0 spiro atoms. The van der Waals surface area contributed by atoms with E-state index in [0.29, 0.717) is 24.1 Å². The minimum absolute atomic E-state index is 0.139. The lowest BCUT2D eigenvalue weighted by Gasteiger charge is -2.18. The van der Waals surface area contributed by atoms with E-state index < -0.39 is 0 Å². The van der Waals surface area contributed by atoms with Gasteiger partial charge in [0.15, 0.2) is 0 Å². The number of rotatable bonds is 3. The Kier molecular flexibility index (Phi) is 4.82. The van der Waals surface area contributed by atoms with Crippen molar-refractivity contribution in [3.05, 3.63) is 70.8 Å². The first kappa shape index (κ1) is 19.1. The van der Waals surface area contributed by atoms with E-state index >= 15 is 0 Å². The highest BCUT2D eigenvalue weighted by Gasteiger charge is 2.48. The summed E-state index contributed by atoms with van der Waals surface area (Å²) in [5.41, 5.74) is 4.96. The lowest BCUT2D eigenvalue weighted by molar-refractivity contribution is -0.122. The number of imide groups is 1. The minimum atomic E-state index is -0.266. The van der Waals surface area contributed by atoms with Crippen LogP contribution in [0.5, 0.6) is 0 Å². The first-order valence-corrected chi connectivity index (χ1v) is 9.88. The highest BCUT2D eigenvalue weighted by Crippen LogP contribution is 2.39. The zero-order valence-electron chi connectivity index (χ0n) is 16.9. The number of anilines is 2. The Hall–Kier alpha value is -3.21. The zero-order valence-corrected chi connectivity index (χ0v) is 16.9. The molecule has 3 amide bonds. The molecule has 4 rings (SSSR count). The van der Waals surface area contributed by atoms with Crippen LogP contribution >= 0.6 is 0 Å². The monoisotopic (exact) mass is 388 g/mol. The molecule has 0 aromatic heterocycles. The SMILES string of the molecule is CC1=CC[C@H]2C(=O)N(c3ccc(C(=O)Nc4c(C)cccc4C)cc3)C(=O)[C@H]2C1. The second kappa shape index (κ2) is 7.32. The van der Waals surface area contributed by atoms with Gasteiger partial charge in [-0.1, -0.05) is 29.8 Å². The van der Waals surface area contributed by atoms with Gasteiger partial charge in [0.1, 0.15) is 0 Å². The molecule has 2 atom stereocenters. The van der Waals surface area contributed by atoms with Crippen molar-refractivity contribution in [3.8, 4) is 0 Å². The third-order valence-corrected chi connectivity index (χ3v) is 5.93. The number of benzene rings is 2. The van der Waals surface area contributed by atoms with Crippen molar-refractivity contribution in [3.63, 3.8) is 0 Å². The molecule has 1 saturated heterocycles. The van der Waals surface area contributed by atoms with Gasteiger partial charge in [0.25, 0.3) is 5.91 Å². The van der Waals surface area contributed by atoms with Gasteiger partial charge in [-0.15, -0.1) is 0 Å². The number of carbonyl (C=O) groups is 3. The molecule has 0 unspecified atom stereocenters. The van der Waals surface area contributed by atoms with Crippen LogP contribution in [-0.4, -0.2) is 17.7 Å². The van der Waals surface area contributed by atoms with Crippen molar-refractivity contribution in [2.24, 2.45) is 11.8 Å². The van der Waals surface area contributed by atoms with Crippen LogP contribution in [0.3, 0.4) is 0 Å². The summed E-state index contributed by atoms with van der Waals surface area (Å²) in [6.45, 7) is 5.90. The van der Waals surface area contributed by atoms with Crippen molar-refractivity contribution < 1.29 is 14.4 Å². The smallest absolute Gasteiger partial charge is 0.255 e. The lowest BCUT2D eigenvalue weighted by atomic mass is 9.82. The van der Waals surface area contributed by atoms with Crippen LogP contribution in [0.15, 0.2) is 54.1 Å². The van der Waals surface area contributed by atoms with Gasteiger partial charge in [-0.3, -0.25) is 19.3 Å². The van der Waals surface area contributed by atoms with Crippen LogP contribution in [-0.2, 0) is 9.59 Å². The predicted octanol–water partition coefficient (Wildman–Crippen LogP) is 4.40. The molecule has 0 radical (unpaired) electrons. The van der Waals surface area contributed by atoms with E-state index in [1.807, 2.05) is 39.0 Å². The van der Waals surface area contributed by atoms with Crippen LogP contribution in [0, 0.1) is 25.7 Å². The average molecular weight is 388 g/mol. The maximum atomic E-state index is 12.8. The third kappa shape index (κ3) is 3.37. The van der Waals surface area contributed by atoms with Gasteiger partial charge in [-0.05, 0) is 69.0 Å². The van der Waals surface area contributed by atoms with Gasteiger partial charge in [0.2, 0.25) is 11.8 Å². The van der Waals surface area contributed by atoms with E-state index in [1.165, 1.54) is 4.90 Å². The van der Waals surface area contributed by atoms with Crippen LogP contribution in [0.2, 0.25) is 0 Å². The van der Waals surface area contributed by atoms with E-state index in [9.17, 15) is 14.4 Å². The Balaban J connectivity index is 1.53. The van der Waals surface area contributed by atoms with Crippen LogP contribution in [0.4, 0.5) is 11.4 Å². The second-order valence-electron chi connectivity index (χ2n) is 7.98. The number of nitrogens with zero attached hydrogens (tertiary/aromatic N) is 1. The number of allylic oxidation sites excluding steroid dienone is 2. The topological polar surface area (TPSA) is 66.5 Å². The van der Waals surface area contributed by atoms with E-state index in [-0.39, 0.29) is 29.6 Å². The van der Waals surface area contributed by atoms with Gasteiger partial charge in [0, 0.05) is 11.3 Å². The number of carbonyl (C=O) groups excluding carboxylic acids is 3. The molecular weight excluding hydrogens is 364 g/mol. The van der Waals surface area contributed by atoms with Crippen molar-refractivity contribution >= 4 is 29.1 Å². The van der Waals surface area contributed by atoms with Gasteiger partial charge in [0.05, 0.1) is 17.5 Å². The summed E-state index contributed by atoms with van der Waals surface area (Å²) < 4.78 is 0. The molecule has 148 valence electrons. The quantitative estimate of drug-likeness (QED) is 0.626. The summed E-state index contributed by atoms with van der Waals surface area (Å²) >= 11 is 0. The number of hydrogen-bond acceptors (Lipinski definition) is 3. The van der Waals surface area contributed by atoms with Crippen LogP contribution in [0.25, 0.3) is 0 Å². The fourth-order valence-electron chi connectivity index (χ4n) is 4.25. The van der Waals surface area contributed by atoms with Crippen molar-refractivity contribution in [2.75, 3.05) is 10.2 Å². The fourth-order valence-corrected chi connectivity index (χ4v) is 4.25. The van der Waals surface area contributed by atoms with Crippen LogP contribution < -0.4 is 10.2 Å². The minimum Gasteiger partial charge on any atom is -0.322 e. The predicted molar refractivity (Wildman–Crippen MR) is 113 cm³/mol. The highest BCUT2D eigenvalue weighted by atomic mass is 16.2. The summed E-state index contributed by atoms with van der Waals surface area (Å²) in [7, 11) is 0. The summed E-state index contributed by atoms with van der Waals surface area (Å²) in [6.07, 6.45) is 3.31. The normalized spacial score (nSPS) is 21.1. The number of amides is 3. The van der Waals surface area contributed by atoms with Crippen molar-refractivity contribution in [2.45, 2.75) is 33.6 Å². The lowest BCUT2D eigenvalue weighted by Crippen LogP contribution is -2.30. The maximum absolute atomic E-state index is 12.8. The van der Waals surface area contributed by atoms with Crippen molar-refractivity contribution in [1.29, 1.82) is 0 Å². The first-order chi connectivity index (χ1) is 13.9. The average Bonchev–Trinajstić information content (AvgIpc) is 2.94. The zero-order chi connectivity index (χ0) is 20.7. The van der Waals surface area contributed by atoms with Gasteiger partial charge in [-0.25, -0.2) is 0 Å². The molecule has 1 aliphatic heterocycles. The Labute approximate surface area is 170 Å². The third-order valence-electron chi connectivity index (χ3n) is 5.93. The number of aryl methyl sites for hydroxylation is 2. The van der Waals surface area contributed by atoms with Gasteiger partial charge < -0.3 is 5.32 Å². The van der Waals surface area contributed by atoms with Gasteiger partial charge in [-0.2, -0.15) is 0 Å². The molecule has 2 aliphatic rings. The molecule has 0 bridgehead atoms. The molecule has 2 aromatic rings. The summed E-state index contributed by atoms with van der Waals surface area (Å²) in [6, 6.07) is 12.5. The molecule has 0 saturated carbocycles. The number of nitrogens with one attached hydrogen (secondary N) is 1. The Morgan fingerprint density at radius 2 is 1.55 bits per heavy atom. The molecule has 29 heavy (non-hydrogen) atoms. The molecule has 5 heteroatoms. The largest absolute Gasteiger partial charge is 0.322 e. The number of fused-ring (bicyclic) bond motifs is 1. The van der Waals surface area contributed by atoms with E-state index in [2.05, 4.69) is 11.4 Å². The molecule has 1 aliphatic carbocycles. The summed E-state index contributed by atoms with van der Waals surface area (Å²) in [4.78, 5) is 39.6. The first-order valence-electron chi connectivity index (χ1n) is 9.88. The molecule has 5 nitrogen and oxygen atoms in total. The molecule has 1 heterocycles. The van der Waals surface area contributed by atoms with E-state index in [4.69, 9.17) is 0 Å². The van der Waals surface area contributed by atoms with Crippen molar-refractivity contribution in [1.82, 2.24) is 0 Å². The second-order valence-corrected chi connectivity index (χ2v) is 7.98. The number of hydrogen-bond donors (Lipinski definition) is 1. The summed E-state index contributed by atoms with van der Waals surface area (Å²) in [5.74, 6) is -1.03. The Bertz CT molecular complexity index is 1020. The molecule has 1 N–H and O–H groups in total. The van der Waals surface area contributed by atoms with E-state index in [1.54, 1.807) is 24.3 Å². The Morgan fingerprint density at radius 3 is 2.21 bits per heavy atom. The molecule has 1 fully saturated rings. The number of para-hydroxylation sites is 1.